The van der Waals surface area contributed by atoms with Crippen LogP contribution in [0.25, 0.3) is 0 Å². The fourth-order valence-electron chi connectivity index (χ4n) is 3.38. The number of nitrogens with zero attached hydrogens (tertiary/aromatic N) is 1. The van der Waals surface area contributed by atoms with Crippen LogP contribution in [0.15, 0.2) is 54.6 Å². The molecule has 0 spiro atoms. The smallest absolute Gasteiger partial charge is 0.253 e. The SMILES string of the molecule is COCc1ccc(C(=O)N2CCC(Cc3ccccc3)CC2)cc1. The van der Waals surface area contributed by atoms with Gasteiger partial charge in [-0.05, 0) is 48.4 Å². The van der Waals surface area contributed by atoms with Crippen molar-refractivity contribution in [3.05, 3.63) is 71.3 Å². The lowest BCUT2D eigenvalue weighted by Gasteiger charge is -2.32. The third kappa shape index (κ3) is 4.24. The highest BCUT2D eigenvalue weighted by molar-refractivity contribution is 5.94. The zero-order valence-electron chi connectivity index (χ0n) is 14.3. The molecule has 1 aliphatic rings. The van der Waals surface area contributed by atoms with Crippen molar-refractivity contribution in [1.29, 1.82) is 0 Å². The molecule has 2 aromatic rings. The molecule has 0 atom stereocenters. The Labute approximate surface area is 144 Å². The highest BCUT2D eigenvalue weighted by atomic mass is 16.5. The summed E-state index contributed by atoms with van der Waals surface area (Å²) in [4.78, 5) is 14.6. The Morgan fingerprint density at radius 2 is 1.67 bits per heavy atom. The summed E-state index contributed by atoms with van der Waals surface area (Å²) in [6, 6.07) is 18.4. The van der Waals surface area contributed by atoms with Gasteiger partial charge in [0.25, 0.3) is 5.91 Å². The largest absolute Gasteiger partial charge is 0.380 e. The maximum absolute atomic E-state index is 12.6. The van der Waals surface area contributed by atoms with E-state index in [0.29, 0.717) is 12.5 Å². The Morgan fingerprint density at radius 1 is 1.00 bits per heavy atom. The van der Waals surface area contributed by atoms with Crippen LogP contribution >= 0.6 is 0 Å². The number of amides is 1. The van der Waals surface area contributed by atoms with E-state index in [1.807, 2.05) is 29.2 Å². The van der Waals surface area contributed by atoms with Crippen molar-refractivity contribution in [3.63, 3.8) is 0 Å². The lowest BCUT2D eigenvalue weighted by molar-refractivity contribution is 0.0690. The highest BCUT2D eigenvalue weighted by Gasteiger charge is 2.23. The van der Waals surface area contributed by atoms with Crippen molar-refractivity contribution >= 4 is 5.91 Å². The van der Waals surface area contributed by atoms with E-state index in [2.05, 4.69) is 30.3 Å². The van der Waals surface area contributed by atoms with Gasteiger partial charge in [-0.3, -0.25) is 4.79 Å². The minimum Gasteiger partial charge on any atom is -0.380 e. The van der Waals surface area contributed by atoms with Crippen LogP contribution in [-0.4, -0.2) is 31.0 Å². The number of carbonyl (C=O) groups is 1. The first kappa shape index (κ1) is 16.7. The van der Waals surface area contributed by atoms with Gasteiger partial charge in [0, 0.05) is 25.8 Å². The Kier molecular flexibility index (Phi) is 5.65. The van der Waals surface area contributed by atoms with Crippen molar-refractivity contribution in [2.45, 2.75) is 25.9 Å². The standard InChI is InChI=1S/C21H25NO2/c1-24-16-19-7-9-20(10-8-19)21(23)22-13-11-18(12-14-22)15-17-5-3-2-4-6-17/h2-10,18H,11-16H2,1H3. The third-order valence-corrected chi connectivity index (χ3v) is 4.78. The Bertz CT molecular complexity index is 643. The fraction of sp³-hybridized carbons (Fsp3) is 0.381. The number of likely N-dealkylation sites (tertiary alicyclic amines) is 1. The molecule has 3 nitrogen and oxygen atoms in total. The van der Waals surface area contributed by atoms with Gasteiger partial charge in [-0.2, -0.15) is 0 Å². The van der Waals surface area contributed by atoms with Crippen LogP contribution in [0.4, 0.5) is 0 Å². The molecule has 1 amide bonds. The predicted molar refractivity (Wildman–Crippen MR) is 95.9 cm³/mol. The van der Waals surface area contributed by atoms with Crippen LogP contribution in [0.5, 0.6) is 0 Å². The van der Waals surface area contributed by atoms with Crippen LogP contribution in [-0.2, 0) is 17.8 Å². The van der Waals surface area contributed by atoms with Crippen molar-refractivity contribution in [3.8, 4) is 0 Å². The predicted octanol–water partition coefficient (Wildman–Crippen LogP) is 3.93. The number of hydrogen-bond acceptors (Lipinski definition) is 2. The normalized spacial score (nSPS) is 15.5. The number of hydrogen-bond donors (Lipinski definition) is 0. The summed E-state index contributed by atoms with van der Waals surface area (Å²) in [6.07, 6.45) is 3.29. The van der Waals surface area contributed by atoms with E-state index in [4.69, 9.17) is 4.74 Å². The van der Waals surface area contributed by atoms with E-state index in [9.17, 15) is 4.79 Å². The third-order valence-electron chi connectivity index (χ3n) is 4.78. The maximum atomic E-state index is 12.6. The van der Waals surface area contributed by atoms with E-state index in [-0.39, 0.29) is 5.91 Å². The van der Waals surface area contributed by atoms with Gasteiger partial charge in [-0.15, -0.1) is 0 Å². The molecule has 0 aromatic heterocycles. The van der Waals surface area contributed by atoms with Gasteiger partial charge in [0.05, 0.1) is 6.61 Å². The fourth-order valence-corrected chi connectivity index (χ4v) is 3.38. The maximum Gasteiger partial charge on any atom is 0.253 e. The quantitative estimate of drug-likeness (QED) is 0.834. The summed E-state index contributed by atoms with van der Waals surface area (Å²) in [6.45, 7) is 2.30. The molecule has 0 aliphatic carbocycles. The Morgan fingerprint density at radius 3 is 2.29 bits per heavy atom. The summed E-state index contributed by atoms with van der Waals surface area (Å²) in [5.41, 5.74) is 3.27. The second-order valence-corrected chi connectivity index (χ2v) is 6.56. The first-order valence-corrected chi connectivity index (χ1v) is 8.67. The van der Waals surface area contributed by atoms with Gasteiger partial charge in [0.1, 0.15) is 0 Å². The van der Waals surface area contributed by atoms with E-state index < -0.39 is 0 Å². The molecule has 0 bridgehead atoms. The van der Waals surface area contributed by atoms with Gasteiger partial charge < -0.3 is 9.64 Å². The lowest BCUT2D eigenvalue weighted by Crippen LogP contribution is -2.38. The van der Waals surface area contributed by atoms with Crippen molar-refractivity contribution in [1.82, 2.24) is 4.90 Å². The molecule has 1 heterocycles. The van der Waals surface area contributed by atoms with Crippen LogP contribution in [0.3, 0.4) is 0 Å². The summed E-state index contributed by atoms with van der Waals surface area (Å²) in [5.74, 6) is 0.831. The lowest BCUT2D eigenvalue weighted by atomic mass is 9.90. The molecule has 126 valence electrons. The van der Waals surface area contributed by atoms with E-state index in [1.54, 1.807) is 7.11 Å². The molecule has 0 unspecified atom stereocenters. The molecule has 24 heavy (non-hydrogen) atoms. The van der Waals surface area contributed by atoms with Crippen LogP contribution in [0.2, 0.25) is 0 Å². The number of rotatable bonds is 5. The molecule has 0 N–H and O–H groups in total. The zero-order chi connectivity index (χ0) is 16.8. The molecule has 1 saturated heterocycles. The minimum absolute atomic E-state index is 0.150. The van der Waals surface area contributed by atoms with Gasteiger partial charge in [0.2, 0.25) is 0 Å². The van der Waals surface area contributed by atoms with E-state index >= 15 is 0 Å². The van der Waals surface area contributed by atoms with Crippen molar-refractivity contribution in [2.75, 3.05) is 20.2 Å². The number of carbonyl (C=O) groups excluding carboxylic acids is 1. The average molecular weight is 323 g/mol. The molecular formula is C21H25NO2. The highest BCUT2D eigenvalue weighted by Crippen LogP contribution is 2.23. The molecule has 3 rings (SSSR count). The van der Waals surface area contributed by atoms with Gasteiger partial charge in [0.15, 0.2) is 0 Å². The molecule has 0 radical (unpaired) electrons. The van der Waals surface area contributed by atoms with Crippen LogP contribution in [0, 0.1) is 5.92 Å². The Hall–Kier alpha value is -2.13. The topological polar surface area (TPSA) is 29.5 Å². The van der Waals surface area contributed by atoms with Crippen LogP contribution in [0.1, 0.15) is 34.3 Å². The second kappa shape index (κ2) is 8.11. The molecule has 1 aliphatic heterocycles. The first-order chi connectivity index (χ1) is 11.8. The molecule has 3 heteroatoms. The average Bonchev–Trinajstić information content (AvgIpc) is 2.64. The van der Waals surface area contributed by atoms with Gasteiger partial charge in [-0.25, -0.2) is 0 Å². The summed E-state index contributed by atoms with van der Waals surface area (Å²) in [7, 11) is 1.68. The minimum atomic E-state index is 0.150. The zero-order valence-corrected chi connectivity index (χ0v) is 14.3. The van der Waals surface area contributed by atoms with E-state index in [1.165, 1.54) is 5.56 Å². The number of piperidine rings is 1. The number of methoxy groups -OCH3 is 1. The summed E-state index contributed by atoms with van der Waals surface area (Å²) >= 11 is 0. The second-order valence-electron chi connectivity index (χ2n) is 6.56. The molecule has 2 aromatic carbocycles. The summed E-state index contributed by atoms with van der Waals surface area (Å²) in [5, 5.41) is 0. The molecule has 1 fully saturated rings. The first-order valence-electron chi connectivity index (χ1n) is 8.67. The van der Waals surface area contributed by atoms with Gasteiger partial charge >= 0.3 is 0 Å². The monoisotopic (exact) mass is 323 g/mol. The van der Waals surface area contributed by atoms with Crippen LogP contribution < -0.4 is 0 Å². The molecular weight excluding hydrogens is 298 g/mol. The van der Waals surface area contributed by atoms with Crippen molar-refractivity contribution in [2.24, 2.45) is 5.92 Å². The Balaban J connectivity index is 1.53. The van der Waals surface area contributed by atoms with Crippen molar-refractivity contribution < 1.29 is 9.53 Å². The number of ether oxygens (including phenoxy) is 1. The molecule has 0 saturated carbocycles. The van der Waals surface area contributed by atoms with E-state index in [0.717, 1.165) is 43.5 Å². The number of benzene rings is 2. The summed E-state index contributed by atoms with van der Waals surface area (Å²) < 4.78 is 5.11. The van der Waals surface area contributed by atoms with Gasteiger partial charge in [-0.1, -0.05) is 42.5 Å².